The molecule has 0 atom stereocenters. The molecule has 2 fully saturated rings. The second-order valence-electron chi connectivity index (χ2n) is 9.93. The minimum absolute atomic E-state index is 0.224. The fourth-order valence-corrected chi connectivity index (χ4v) is 4.62. The Morgan fingerprint density at radius 3 is 2.32 bits per heavy atom. The summed E-state index contributed by atoms with van der Waals surface area (Å²) in [6, 6.07) is 5.84. The highest BCUT2D eigenvalue weighted by Gasteiger charge is 2.54. The average Bonchev–Trinajstić information content (AvgIpc) is 3.01. The molecule has 0 saturated heterocycles. The Morgan fingerprint density at radius 2 is 1.81 bits per heavy atom. The molecule has 2 aliphatic carbocycles. The van der Waals surface area contributed by atoms with E-state index in [1.54, 1.807) is 13.8 Å². The van der Waals surface area contributed by atoms with Gasteiger partial charge >= 0.3 is 0 Å². The van der Waals surface area contributed by atoms with E-state index in [1.165, 1.54) is 0 Å². The lowest BCUT2D eigenvalue weighted by molar-refractivity contribution is -0.117. The number of imidazole rings is 1. The van der Waals surface area contributed by atoms with Crippen LogP contribution in [0.2, 0.25) is 15.7 Å². The molecule has 2 aromatic rings. The first-order chi connectivity index (χ1) is 14.3. The number of nitrogens with zero attached hydrogens (tertiary/aromatic N) is 2. The molecule has 2 N–H and O–H groups in total. The third-order valence-electron chi connectivity index (χ3n) is 7.14. The van der Waals surface area contributed by atoms with Gasteiger partial charge < -0.3 is 9.67 Å². The van der Waals surface area contributed by atoms with E-state index in [1.807, 2.05) is 22.8 Å². The zero-order valence-corrected chi connectivity index (χ0v) is 18.2. The van der Waals surface area contributed by atoms with Crippen LogP contribution in [0.3, 0.4) is 0 Å². The summed E-state index contributed by atoms with van der Waals surface area (Å²) in [5.74, 6) is 0.0296. The maximum Gasteiger partial charge on any atom is 0.226 e. The fourth-order valence-electron chi connectivity index (χ4n) is 4.62. The third-order valence-corrected chi connectivity index (χ3v) is 7.14. The fraction of sp³-hybridized carbons (Fsp3) is 0.619. The quantitative estimate of drug-likeness (QED) is 0.752. The predicted octanol–water partition coefficient (Wildman–Crippen LogP) is 2.34. The van der Waals surface area contributed by atoms with E-state index in [9.17, 15) is 9.90 Å². The van der Waals surface area contributed by atoms with Gasteiger partial charge in [0, 0.05) is 12.5 Å². The molecule has 1 heterocycles. The van der Waals surface area contributed by atoms with Crippen molar-refractivity contribution in [2.75, 3.05) is 5.32 Å². The molecular formula is C21H24B5N3O2. The molecule has 0 spiro atoms. The van der Waals surface area contributed by atoms with Crippen LogP contribution in [0, 0.1) is 0 Å². The molecule has 1 aromatic heterocycles. The second kappa shape index (κ2) is 7.23. The van der Waals surface area contributed by atoms with Gasteiger partial charge in [0.05, 0.1) is 55.9 Å². The lowest BCUT2D eigenvalue weighted by Crippen LogP contribution is -2.39. The van der Waals surface area contributed by atoms with Crippen LogP contribution in [0.1, 0.15) is 64.0 Å². The molecule has 31 heavy (non-hydrogen) atoms. The maximum absolute atomic E-state index is 13.0. The average molecular weight is 405 g/mol. The first-order valence-electron chi connectivity index (χ1n) is 10.7. The standard InChI is InChI=1S/C21H24B5N3O2/c1-18(2,31)12-6-7-14-15(10-12)29(13-4-3-5-13)17(27-14)28-16(30)11-19(22)20(23,24)8-9-21(19,25)26/h6-7,10,13,31H,3-5,8-9,11H2,1-2H3,(H,27,28,30). The highest BCUT2D eigenvalue weighted by Crippen LogP contribution is 2.70. The van der Waals surface area contributed by atoms with Gasteiger partial charge in [-0.2, -0.15) is 0 Å². The number of amides is 1. The Hall–Kier alpha value is -1.56. The second-order valence-corrected chi connectivity index (χ2v) is 9.93. The van der Waals surface area contributed by atoms with Crippen LogP contribution < -0.4 is 5.32 Å². The summed E-state index contributed by atoms with van der Waals surface area (Å²) in [5, 5.41) is 9.13. The highest BCUT2D eigenvalue weighted by atomic mass is 16.3. The van der Waals surface area contributed by atoms with E-state index in [2.05, 4.69) is 10.3 Å². The van der Waals surface area contributed by atoms with Gasteiger partial charge in [0.2, 0.25) is 11.9 Å². The van der Waals surface area contributed by atoms with Gasteiger partial charge in [-0.05, 0) is 50.8 Å². The number of rotatable bonds is 5. The van der Waals surface area contributed by atoms with Crippen LogP contribution >= 0.6 is 0 Å². The number of benzene rings is 1. The van der Waals surface area contributed by atoms with Crippen LogP contribution in [0.25, 0.3) is 11.0 Å². The predicted molar refractivity (Wildman–Crippen MR) is 127 cm³/mol. The summed E-state index contributed by atoms with van der Waals surface area (Å²) >= 11 is 0. The molecule has 10 heteroatoms. The van der Waals surface area contributed by atoms with E-state index in [4.69, 9.17) is 39.2 Å². The minimum Gasteiger partial charge on any atom is -0.386 e. The minimum atomic E-state index is -1.47. The molecule has 2 aliphatic rings. The summed E-state index contributed by atoms with van der Waals surface area (Å²) < 4.78 is 2.03. The zero-order valence-electron chi connectivity index (χ0n) is 18.2. The van der Waals surface area contributed by atoms with Crippen LogP contribution in [0.4, 0.5) is 5.95 Å². The molecule has 5 nitrogen and oxygen atoms in total. The number of hydrogen-bond donors (Lipinski definition) is 2. The van der Waals surface area contributed by atoms with Crippen molar-refractivity contribution < 1.29 is 9.90 Å². The smallest absolute Gasteiger partial charge is 0.226 e. The number of fused-ring (bicyclic) bond motifs is 1. The topological polar surface area (TPSA) is 67.2 Å². The maximum atomic E-state index is 13.0. The lowest BCUT2D eigenvalue weighted by atomic mass is 9.26. The van der Waals surface area contributed by atoms with Gasteiger partial charge in [-0.25, -0.2) is 4.98 Å². The van der Waals surface area contributed by atoms with Gasteiger partial charge in [-0.1, -0.05) is 24.2 Å². The summed E-state index contributed by atoms with van der Waals surface area (Å²) in [7, 11) is 31.1. The molecule has 4 rings (SSSR count). The zero-order chi connectivity index (χ0) is 22.8. The number of aromatic nitrogens is 2. The molecule has 0 unspecified atom stereocenters. The van der Waals surface area contributed by atoms with E-state index >= 15 is 0 Å². The Kier molecular flexibility index (Phi) is 5.28. The van der Waals surface area contributed by atoms with Crippen molar-refractivity contribution in [3.63, 3.8) is 0 Å². The van der Waals surface area contributed by atoms with E-state index in [-0.39, 0.29) is 12.5 Å². The number of nitrogens with one attached hydrogen (secondary N) is 1. The molecule has 10 radical (unpaired) electrons. The highest BCUT2D eigenvalue weighted by molar-refractivity contribution is 6.53. The van der Waals surface area contributed by atoms with E-state index in [0.29, 0.717) is 18.8 Å². The molecular weight excluding hydrogens is 380 g/mol. The van der Waals surface area contributed by atoms with Gasteiger partial charge in [0.1, 0.15) is 0 Å². The van der Waals surface area contributed by atoms with Crippen molar-refractivity contribution in [2.24, 2.45) is 0 Å². The molecule has 1 aromatic carbocycles. The van der Waals surface area contributed by atoms with Crippen molar-refractivity contribution >= 4 is 62.1 Å². The van der Waals surface area contributed by atoms with Crippen molar-refractivity contribution in [2.45, 2.75) is 79.8 Å². The monoisotopic (exact) mass is 405 g/mol. The first kappa shape index (κ1) is 22.6. The summed E-state index contributed by atoms with van der Waals surface area (Å²) in [6.07, 6.45) is 3.52. The number of carbonyl (C=O) groups is 1. The molecule has 0 aliphatic heterocycles. The van der Waals surface area contributed by atoms with Crippen LogP contribution in [0.5, 0.6) is 0 Å². The molecule has 0 bridgehead atoms. The van der Waals surface area contributed by atoms with E-state index < -0.39 is 27.2 Å². The Bertz CT molecular complexity index is 1010. The molecule has 1 amide bonds. The number of anilines is 1. The lowest BCUT2D eigenvalue weighted by Gasteiger charge is -2.49. The Balaban J connectivity index is 1.67. The van der Waals surface area contributed by atoms with Crippen molar-refractivity contribution in [1.82, 2.24) is 9.55 Å². The van der Waals surface area contributed by atoms with E-state index in [0.717, 1.165) is 35.9 Å². The van der Waals surface area contributed by atoms with Crippen molar-refractivity contribution in [1.29, 1.82) is 0 Å². The van der Waals surface area contributed by atoms with Gasteiger partial charge in [0.15, 0.2) is 0 Å². The third kappa shape index (κ3) is 3.69. The summed E-state index contributed by atoms with van der Waals surface area (Å²) in [5.41, 5.74) is 1.38. The van der Waals surface area contributed by atoms with Crippen molar-refractivity contribution in [3.05, 3.63) is 23.8 Å². The van der Waals surface area contributed by atoms with Gasteiger partial charge in [-0.15, -0.1) is 10.4 Å². The number of hydrogen-bond acceptors (Lipinski definition) is 3. The largest absolute Gasteiger partial charge is 0.386 e. The van der Waals surface area contributed by atoms with Gasteiger partial charge in [0.25, 0.3) is 0 Å². The summed E-state index contributed by atoms with van der Waals surface area (Å²) in [4.78, 5) is 17.7. The summed E-state index contributed by atoms with van der Waals surface area (Å²) in [6.45, 7) is 3.47. The first-order valence-corrected chi connectivity index (χ1v) is 10.7. The molecule has 150 valence electrons. The number of carbonyl (C=O) groups excluding carboxylic acids is 1. The molecule has 2 saturated carbocycles. The van der Waals surface area contributed by atoms with Gasteiger partial charge in [-0.3, -0.25) is 10.1 Å². The van der Waals surface area contributed by atoms with Crippen LogP contribution in [-0.4, -0.2) is 59.8 Å². The SMILES string of the molecule is [B]C1([B])CCC([B])([B])C1([B])CC(=O)Nc1nc2ccc(C(C)(C)O)cc2n1C1CCC1. The van der Waals surface area contributed by atoms with Crippen LogP contribution in [0.15, 0.2) is 18.2 Å². The Morgan fingerprint density at radius 1 is 1.19 bits per heavy atom. The normalized spacial score (nSPS) is 22.3. The Labute approximate surface area is 190 Å². The van der Waals surface area contributed by atoms with Crippen molar-refractivity contribution in [3.8, 4) is 0 Å². The van der Waals surface area contributed by atoms with Crippen LogP contribution in [-0.2, 0) is 10.4 Å². The number of aliphatic hydroxyl groups is 1.